The lowest BCUT2D eigenvalue weighted by Crippen LogP contribution is -2.39. The van der Waals surface area contributed by atoms with Gasteiger partial charge in [-0.2, -0.15) is 0 Å². The Morgan fingerprint density at radius 2 is 2.11 bits per heavy atom. The first-order valence-corrected chi connectivity index (χ1v) is 7.57. The van der Waals surface area contributed by atoms with Gasteiger partial charge < -0.3 is 10.6 Å². The topological polar surface area (TPSA) is 29.3 Å². The smallest absolute Gasteiger partial charge is 0.123 e. The number of hydrogen-bond acceptors (Lipinski definition) is 3. The van der Waals surface area contributed by atoms with Gasteiger partial charge in [-0.3, -0.25) is 0 Å². The van der Waals surface area contributed by atoms with Gasteiger partial charge in [0.05, 0.1) is 0 Å². The third-order valence-corrected chi connectivity index (χ3v) is 4.42. The lowest BCUT2D eigenvalue weighted by Gasteiger charge is -2.31. The highest BCUT2D eigenvalue weighted by Crippen LogP contribution is 2.20. The number of nitrogens with two attached hydrogens (primary N) is 1. The predicted octanol–water partition coefficient (Wildman–Crippen LogP) is 2.59. The summed E-state index contributed by atoms with van der Waals surface area (Å²) in [5, 5.41) is 0. The molecule has 1 aromatic rings. The maximum absolute atomic E-state index is 12.8. The van der Waals surface area contributed by atoms with E-state index >= 15 is 0 Å². The summed E-state index contributed by atoms with van der Waals surface area (Å²) in [6.45, 7) is 4.24. The maximum atomic E-state index is 12.8. The molecule has 0 amide bonds. The summed E-state index contributed by atoms with van der Waals surface area (Å²) in [6.07, 6.45) is 2.54. The van der Waals surface area contributed by atoms with Crippen LogP contribution in [0.15, 0.2) is 29.2 Å². The van der Waals surface area contributed by atoms with Gasteiger partial charge in [0, 0.05) is 23.7 Å². The van der Waals surface area contributed by atoms with Crippen molar-refractivity contribution in [3.8, 4) is 0 Å². The molecule has 4 heteroatoms. The van der Waals surface area contributed by atoms with Gasteiger partial charge in [-0.15, -0.1) is 11.8 Å². The highest BCUT2D eigenvalue weighted by molar-refractivity contribution is 7.99. The monoisotopic (exact) mass is 268 g/mol. The van der Waals surface area contributed by atoms with Crippen LogP contribution in [0.1, 0.15) is 12.8 Å². The van der Waals surface area contributed by atoms with E-state index in [0.717, 1.165) is 30.3 Å². The summed E-state index contributed by atoms with van der Waals surface area (Å²) in [7, 11) is 0. The third-order valence-electron chi connectivity index (χ3n) is 3.43. The molecule has 2 N–H and O–H groups in total. The normalized spacial score (nSPS) is 21.1. The summed E-state index contributed by atoms with van der Waals surface area (Å²) >= 11 is 1.79. The second-order valence-electron chi connectivity index (χ2n) is 4.85. The Balaban J connectivity index is 1.70. The van der Waals surface area contributed by atoms with Crippen molar-refractivity contribution in [2.75, 3.05) is 31.9 Å². The van der Waals surface area contributed by atoms with Crippen LogP contribution in [0.4, 0.5) is 4.39 Å². The average Bonchev–Trinajstić information content (AvgIpc) is 2.41. The highest BCUT2D eigenvalue weighted by Gasteiger charge is 2.17. The molecule has 2 nitrogen and oxygen atoms in total. The highest BCUT2D eigenvalue weighted by atomic mass is 32.2. The second kappa shape index (κ2) is 7.12. The molecule has 0 spiro atoms. The number of halogens is 1. The Morgan fingerprint density at radius 1 is 1.33 bits per heavy atom. The van der Waals surface area contributed by atoms with E-state index < -0.39 is 0 Å². The van der Waals surface area contributed by atoms with Crippen LogP contribution in [0.25, 0.3) is 0 Å². The largest absolute Gasteiger partial charge is 0.330 e. The van der Waals surface area contributed by atoms with Gasteiger partial charge in [0.2, 0.25) is 0 Å². The minimum atomic E-state index is -0.166. The minimum absolute atomic E-state index is 0.166. The van der Waals surface area contributed by atoms with Crippen molar-refractivity contribution in [1.29, 1.82) is 0 Å². The quantitative estimate of drug-likeness (QED) is 0.832. The van der Waals surface area contributed by atoms with Crippen molar-refractivity contribution in [2.45, 2.75) is 17.7 Å². The summed E-state index contributed by atoms with van der Waals surface area (Å²) in [6, 6.07) is 6.74. The molecule has 2 rings (SSSR count). The molecule has 0 aromatic heterocycles. The number of nitrogens with zero attached hydrogens (tertiary/aromatic N) is 1. The zero-order chi connectivity index (χ0) is 12.8. The van der Waals surface area contributed by atoms with Gasteiger partial charge in [0.15, 0.2) is 0 Å². The molecule has 0 bridgehead atoms. The Bertz CT molecular complexity index is 355. The van der Waals surface area contributed by atoms with E-state index in [1.54, 1.807) is 11.8 Å². The first kappa shape index (κ1) is 13.8. The molecule has 1 fully saturated rings. The zero-order valence-corrected chi connectivity index (χ0v) is 11.5. The van der Waals surface area contributed by atoms with E-state index in [2.05, 4.69) is 4.90 Å². The van der Waals surface area contributed by atoms with Crippen LogP contribution in [0.3, 0.4) is 0 Å². The van der Waals surface area contributed by atoms with Crippen molar-refractivity contribution < 1.29 is 4.39 Å². The third kappa shape index (κ3) is 4.26. The molecular formula is C14H21FN2S. The Morgan fingerprint density at radius 3 is 2.83 bits per heavy atom. The number of rotatable bonds is 5. The van der Waals surface area contributed by atoms with Crippen molar-refractivity contribution in [2.24, 2.45) is 11.7 Å². The van der Waals surface area contributed by atoms with Crippen LogP contribution < -0.4 is 5.73 Å². The van der Waals surface area contributed by atoms with Crippen LogP contribution in [0.2, 0.25) is 0 Å². The summed E-state index contributed by atoms with van der Waals surface area (Å²) in [5.74, 6) is 1.57. The summed E-state index contributed by atoms with van der Waals surface area (Å²) < 4.78 is 12.8. The van der Waals surface area contributed by atoms with Crippen LogP contribution in [0, 0.1) is 11.7 Å². The van der Waals surface area contributed by atoms with E-state index in [-0.39, 0.29) is 5.82 Å². The van der Waals surface area contributed by atoms with E-state index in [1.165, 1.54) is 31.5 Å². The Labute approximate surface area is 113 Å². The molecule has 1 unspecified atom stereocenters. The molecule has 0 aliphatic carbocycles. The van der Waals surface area contributed by atoms with Crippen molar-refractivity contribution in [3.05, 3.63) is 30.1 Å². The van der Waals surface area contributed by atoms with Crippen molar-refractivity contribution in [1.82, 2.24) is 4.90 Å². The summed E-state index contributed by atoms with van der Waals surface area (Å²) in [4.78, 5) is 3.64. The second-order valence-corrected chi connectivity index (χ2v) is 6.02. The molecule has 1 aliphatic heterocycles. The molecule has 0 radical (unpaired) electrons. The van der Waals surface area contributed by atoms with Crippen LogP contribution >= 0.6 is 11.8 Å². The van der Waals surface area contributed by atoms with Crippen molar-refractivity contribution >= 4 is 11.8 Å². The molecule has 1 aromatic carbocycles. The summed E-state index contributed by atoms with van der Waals surface area (Å²) in [5.41, 5.74) is 5.73. The lowest BCUT2D eigenvalue weighted by atomic mass is 9.98. The van der Waals surface area contributed by atoms with Crippen molar-refractivity contribution in [3.63, 3.8) is 0 Å². The fourth-order valence-corrected chi connectivity index (χ4v) is 3.28. The van der Waals surface area contributed by atoms with Gasteiger partial charge in [-0.25, -0.2) is 4.39 Å². The first-order chi connectivity index (χ1) is 8.78. The van der Waals surface area contributed by atoms with Crippen LogP contribution in [-0.2, 0) is 0 Å². The molecule has 100 valence electrons. The molecule has 1 aliphatic rings. The number of piperidine rings is 1. The van der Waals surface area contributed by atoms with E-state index in [9.17, 15) is 4.39 Å². The molecular weight excluding hydrogens is 247 g/mol. The number of benzene rings is 1. The van der Waals surface area contributed by atoms with Gasteiger partial charge in [0.25, 0.3) is 0 Å². The standard InChI is InChI=1S/C14H21FN2S/c15-13-3-5-14(6-4-13)18-9-8-17-7-1-2-12(10-16)11-17/h3-6,12H,1-2,7-11,16H2. The molecule has 18 heavy (non-hydrogen) atoms. The van der Waals surface area contributed by atoms with Crippen LogP contribution in [0.5, 0.6) is 0 Å². The number of hydrogen-bond donors (Lipinski definition) is 1. The van der Waals surface area contributed by atoms with Gasteiger partial charge in [-0.1, -0.05) is 0 Å². The fraction of sp³-hybridized carbons (Fsp3) is 0.571. The first-order valence-electron chi connectivity index (χ1n) is 6.58. The maximum Gasteiger partial charge on any atom is 0.123 e. The Kier molecular flexibility index (Phi) is 5.47. The molecule has 0 saturated carbocycles. The average molecular weight is 268 g/mol. The van der Waals surface area contributed by atoms with E-state index in [1.807, 2.05) is 12.1 Å². The van der Waals surface area contributed by atoms with E-state index in [0.29, 0.717) is 5.92 Å². The number of likely N-dealkylation sites (tertiary alicyclic amines) is 1. The SMILES string of the molecule is NCC1CCCN(CCSc2ccc(F)cc2)C1. The lowest BCUT2D eigenvalue weighted by molar-refractivity contribution is 0.188. The molecule has 1 saturated heterocycles. The molecule has 1 heterocycles. The fourth-order valence-electron chi connectivity index (χ4n) is 2.37. The zero-order valence-electron chi connectivity index (χ0n) is 10.6. The van der Waals surface area contributed by atoms with Gasteiger partial charge >= 0.3 is 0 Å². The van der Waals surface area contributed by atoms with Crippen LogP contribution in [-0.4, -0.2) is 36.8 Å². The Hall–Kier alpha value is -0.580. The van der Waals surface area contributed by atoms with Gasteiger partial charge in [0.1, 0.15) is 5.82 Å². The van der Waals surface area contributed by atoms with Gasteiger partial charge in [-0.05, 0) is 56.1 Å². The predicted molar refractivity (Wildman–Crippen MR) is 75.3 cm³/mol. The molecule has 1 atom stereocenters. The van der Waals surface area contributed by atoms with E-state index in [4.69, 9.17) is 5.73 Å². The number of thioether (sulfide) groups is 1. The minimum Gasteiger partial charge on any atom is -0.330 e.